The summed E-state index contributed by atoms with van der Waals surface area (Å²) in [4.78, 5) is 21.6. The standard InChI is InChI=1S/C19H19ClFN3O/c1-3-15-17(22-2)16(11-4-7-14(21)13(20)10-11)18-19(25)23(12-5-6-12)8-9-24(15)18/h3-4,7,10,12H,5-6,8-9H2,1-2H3/b15-3+,22-17+. The summed E-state index contributed by atoms with van der Waals surface area (Å²) in [5, 5.41) is 0.0452. The van der Waals surface area contributed by atoms with Crippen molar-refractivity contribution >= 4 is 28.8 Å². The van der Waals surface area contributed by atoms with E-state index in [0.29, 0.717) is 11.7 Å². The van der Waals surface area contributed by atoms with E-state index in [-0.39, 0.29) is 10.9 Å². The van der Waals surface area contributed by atoms with Crippen molar-refractivity contribution in [2.75, 3.05) is 20.1 Å². The average molecular weight is 360 g/mol. The van der Waals surface area contributed by atoms with Gasteiger partial charge in [0, 0.05) is 31.8 Å². The first-order chi connectivity index (χ1) is 12.1. The number of hydrogen-bond donors (Lipinski definition) is 0. The Morgan fingerprint density at radius 1 is 1.32 bits per heavy atom. The molecule has 4 rings (SSSR count). The van der Waals surface area contributed by atoms with E-state index in [9.17, 15) is 9.18 Å². The van der Waals surface area contributed by atoms with Crippen molar-refractivity contribution in [3.63, 3.8) is 0 Å². The van der Waals surface area contributed by atoms with Crippen molar-refractivity contribution in [3.8, 4) is 0 Å². The van der Waals surface area contributed by atoms with Gasteiger partial charge in [0.1, 0.15) is 11.5 Å². The van der Waals surface area contributed by atoms with Gasteiger partial charge in [-0.3, -0.25) is 9.79 Å². The summed E-state index contributed by atoms with van der Waals surface area (Å²) in [6.45, 7) is 3.41. The maximum Gasteiger partial charge on any atom is 0.271 e. The Kier molecular flexibility index (Phi) is 3.91. The second-order valence-corrected chi connectivity index (χ2v) is 6.89. The summed E-state index contributed by atoms with van der Waals surface area (Å²) in [6.07, 6.45) is 4.12. The lowest BCUT2D eigenvalue weighted by atomic mass is 9.99. The van der Waals surface area contributed by atoms with Crippen LogP contribution in [0.2, 0.25) is 5.02 Å². The van der Waals surface area contributed by atoms with E-state index in [1.165, 1.54) is 6.07 Å². The Bertz CT molecular complexity index is 854. The van der Waals surface area contributed by atoms with Crippen LogP contribution < -0.4 is 0 Å². The molecule has 130 valence electrons. The van der Waals surface area contributed by atoms with Gasteiger partial charge in [-0.15, -0.1) is 0 Å². The highest BCUT2D eigenvalue weighted by Crippen LogP contribution is 2.41. The summed E-state index contributed by atoms with van der Waals surface area (Å²) in [5.41, 5.74) is 3.78. The topological polar surface area (TPSA) is 35.9 Å². The summed E-state index contributed by atoms with van der Waals surface area (Å²) >= 11 is 5.99. The number of fused-ring (bicyclic) bond motifs is 1. The molecule has 0 radical (unpaired) electrons. The fourth-order valence-electron chi connectivity index (χ4n) is 3.70. The van der Waals surface area contributed by atoms with Crippen molar-refractivity contribution < 1.29 is 9.18 Å². The van der Waals surface area contributed by atoms with Gasteiger partial charge in [0.25, 0.3) is 5.91 Å². The fourth-order valence-corrected chi connectivity index (χ4v) is 3.88. The zero-order valence-corrected chi connectivity index (χ0v) is 15.0. The molecule has 0 aromatic heterocycles. The van der Waals surface area contributed by atoms with E-state index in [1.807, 2.05) is 22.8 Å². The number of halogens is 2. The highest BCUT2D eigenvalue weighted by molar-refractivity contribution is 6.39. The van der Waals surface area contributed by atoms with Crippen LogP contribution in [-0.2, 0) is 4.79 Å². The first-order valence-corrected chi connectivity index (χ1v) is 8.86. The molecule has 2 aliphatic heterocycles. The normalized spacial score (nSPS) is 23.9. The van der Waals surface area contributed by atoms with Crippen LogP contribution in [0.5, 0.6) is 0 Å². The van der Waals surface area contributed by atoms with Gasteiger partial charge >= 0.3 is 0 Å². The van der Waals surface area contributed by atoms with Crippen LogP contribution in [0.1, 0.15) is 25.3 Å². The predicted molar refractivity (Wildman–Crippen MR) is 96.9 cm³/mol. The van der Waals surface area contributed by atoms with Gasteiger partial charge in [0.2, 0.25) is 0 Å². The quantitative estimate of drug-likeness (QED) is 0.810. The van der Waals surface area contributed by atoms with E-state index in [4.69, 9.17) is 11.6 Å². The van der Waals surface area contributed by atoms with Crippen LogP contribution in [0.25, 0.3) is 5.57 Å². The maximum atomic E-state index is 13.6. The number of nitrogens with zero attached hydrogens (tertiary/aromatic N) is 3. The second-order valence-electron chi connectivity index (χ2n) is 6.48. The number of benzene rings is 1. The zero-order chi connectivity index (χ0) is 17.7. The lowest BCUT2D eigenvalue weighted by molar-refractivity contribution is -0.131. The number of amides is 1. The molecule has 0 bridgehead atoms. The molecular weight excluding hydrogens is 341 g/mol. The highest BCUT2D eigenvalue weighted by atomic mass is 35.5. The van der Waals surface area contributed by atoms with Crippen LogP contribution in [0.4, 0.5) is 4.39 Å². The lowest BCUT2D eigenvalue weighted by Gasteiger charge is -2.35. The van der Waals surface area contributed by atoms with E-state index in [2.05, 4.69) is 4.99 Å². The van der Waals surface area contributed by atoms with Crippen LogP contribution >= 0.6 is 11.6 Å². The molecule has 0 atom stereocenters. The number of hydrogen-bond acceptors (Lipinski definition) is 3. The Morgan fingerprint density at radius 3 is 2.68 bits per heavy atom. The average Bonchev–Trinajstić information content (AvgIpc) is 3.38. The SMILES string of the molecule is C/C=C1\C(=N/C)C(c2ccc(F)c(Cl)c2)=C2C(=O)N(C3CC3)CCN21. The number of aliphatic imine (C=N–C) groups is 1. The number of rotatable bonds is 2. The van der Waals surface area contributed by atoms with E-state index in [0.717, 1.165) is 48.5 Å². The van der Waals surface area contributed by atoms with Gasteiger partial charge < -0.3 is 9.80 Å². The lowest BCUT2D eigenvalue weighted by Crippen LogP contribution is -2.47. The molecule has 0 N–H and O–H groups in total. The zero-order valence-electron chi connectivity index (χ0n) is 14.2. The van der Waals surface area contributed by atoms with E-state index in [1.54, 1.807) is 19.2 Å². The van der Waals surface area contributed by atoms with Crippen molar-refractivity contribution in [1.29, 1.82) is 0 Å². The minimum atomic E-state index is -0.471. The number of carbonyl (C=O) groups is 1. The van der Waals surface area contributed by atoms with E-state index >= 15 is 0 Å². The monoisotopic (exact) mass is 359 g/mol. The Balaban J connectivity index is 1.91. The Hall–Kier alpha value is -2.14. The van der Waals surface area contributed by atoms with Crippen LogP contribution in [0.3, 0.4) is 0 Å². The number of carbonyl (C=O) groups excluding carboxylic acids is 1. The third kappa shape index (κ3) is 2.49. The molecule has 0 spiro atoms. The van der Waals surface area contributed by atoms with Gasteiger partial charge in [-0.05, 0) is 37.5 Å². The molecule has 1 amide bonds. The molecule has 25 heavy (non-hydrogen) atoms. The van der Waals surface area contributed by atoms with E-state index < -0.39 is 5.82 Å². The molecule has 4 nitrogen and oxygen atoms in total. The molecule has 1 aromatic rings. The molecule has 6 heteroatoms. The molecule has 2 fully saturated rings. The highest BCUT2D eigenvalue weighted by Gasteiger charge is 2.45. The second kappa shape index (κ2) is 5.99. The van der Waals surface area contributed by atoms with Crippen LogP contribution in [-0.4, -0.2) is 47.6 Å². The number of allylic oxidation sites excluding steroid dienone is 2. The van der Waals surface area contributed by atoms with Gasteiger partial charge in [0.05, 0.1) is 16.4 Å². The minimum absolute atomic E-state index is 0.0298. The Labute approximate surface area is 151 Å². The van der Waals surface area contributed by atoms with Crippen molar-refractivity contribution in [3.05, 3.63) is 52.1 Å². The van der Waals surface area contributed by atoms with Crippen molar-refractivity contribution in [1.82, 2.24) is 9.80 Å². The number of piperazine rings is 1. The van der Waals surface area contributed by atoms with Crippen LogP contribution in [0.15, 0.2) is 40.7 Å². The van der Waals surface area contributed by atoms with Crippen LogP contribution in [0, 0.1) is 5.82 Å². The third-order valence-electron chi connectivity index (χ3n) is 5.00. The third-order valence-corrected chi connectivity index (χ3v) is 5.29. The largest absolute Gasteiger partial charge is 0.333 e. The summed E-state index contributed by atoms with van der Waals surface area (Å²) < 4.78 is 13.6. The Morgan fingerprint density at radius 2 is 2.08 bits per heavy atom. The minimum Gasteiger partial charge on any atom is -0.333 e. The molecule has 0 unspecified atom stereocenters. The van der Waals surface area contributed by atoms with Gasteiger partial charge in [0.15, 0.2) is 0 Å². The summed E-state index contributed by atoms with van der Waals surface area (Å²) in [5.74, 6) is -0.441. The predicted octanol–water partition coefficient (Wildman–Crippen LogP) is 3.49. The summed E-state index contributed by atoms with van der Waals surface area (Å²) in [7, 11) is 1.71. The molecule has 2 heterocycles. The smallest absolute Gasteiger partial charge is 0.271 e. The maximum absolute atomic E-state index is 13.6. The molecule has 3 aliphatic rings. The fraction of sp³-hybridized carbons (Fsp3) is 0.368. The molecular formula is C19H19ClFN3O. The van der Waals surface area contributed by atoms with Gasteiger partial charge in [-0.2, -0.15) is 0 Å². The van der Waals surface area contributed by atoms with Gasteiger partial charge in [-0.1, -0.05) is 23.7 Å². The van der Waals surface area contributed by atoms with Gasteiger partial charge in [-0.25, -0.2) is 4.39 Å². The van der Waals surface area contributed by atoms with Crippen molar-refractivity contribution in [2.45, 2.75) is 25.8 Å². The molecule has 1 saturated heterocycles. The molecule has 1 aromatic carbocycles. The van der Waals surface area contributed by atoms with Crippen molar-refractivity contribution in [2.24, 2.45) is 4.99 Å². The first kappa shape index (κ1) is 16.3. The summed E-state index contributed by atoms with van der Waals surface area (Å²) in [6, 6.07) is 4.93. The molecule has 1 aliphatic carbocycles. The first-order valence-electron chi connectivity index (χ1n) is 8.48. The molecule has 1 saturated carbocycles.